The van der Waals surface area contributed by atoms with Crippen LogP contribution in [0.2, 0.25) is 0 Å². The molecule has 0 radical (unpaired) electrons. The minimum absolute atomic E-state index is 0.00342. The van der Waals surface area contributed by atoms with Crippen molar-refractivity contribution in [1.82, 2.24) is 5.32 Å². The lowest BCUT2D eigenvalue weighted by atomic mass is 9.97. The molecule has 0 saturated heterocycles. The Bertz CT molecular complexity index is 145. The third kappa shape index (κ3) is 3.72. The van der Waals surface area contributed by atoms with Gasteiger partial charge in [0.2, 0.25) is 5.91 Å². The zero-order valence-corrected chi connectivity index (χ0v) is 8.29. The van der Waals surface area contributed by atoms with E-state index >= 15 is 0 Å². The molecule has 1 amide bonds. The Balaban J connectivity index is 3.87. The molecule has 0 bridgehead atoms. The number of hydrogen-bond donors (Lipinski definition) is 2. The first-order valence-corrected chi connectivity index (χ1v) is 4.40. The van der Waals surface area contributed by atoms with Gasteiger partial charge in [-0.1, -0.05) is 20.8 Å². The van der Waals surface area contributed by atoms with Crippen molar-refractivity contribution in [1.29, 1.82) is 0 Å². The summed E-state index contributed by atoms with van der Waals surface area (Å²) in [5.74, 6) is 0.376. The van der Waals surface area contributed by atoms with Gasteiger partial charge in [0, 0.05) is 12.0 Å². The third-order valence-electron chi connectivity index (χ3n) is 2.08. The van der Waals surface area contributed by atoms with E-state index in [9.17, 15) is 4.79 Å². The van der Waals surface area contributed by atoms with Crippen LogP contribution in [0, 0.1) is 11.8 Å². The van der Waals surface area contributed by atoms with E-state index in [0.29, 0.717) is 5.92 Å². The van der Waals surface area contributed by atoms with E-state index in [4.69, 9.17) is 5.11 Å². The van der Waals surface area contributed by atoms with E-state index in [0.717, 1.165) is 0 Å². The summed E-state index contributed by atoms with van der Waals surface area (Å²) in [6, 6.07) is -0.140. The Morgan fingerprint density at radius 2 is 1.83 bits per heavy atom. The zero-order valence-electron chi connectivity index (χ0n) is 8.29. The quantitative estimate of drug-likeness (QED) is 0.660. The average molecular weight is 173 g/mol. The number of hydrogen-bond acceptors (Lipinski definition) is 2. The van der Waals surface area contributed by atoms with Gasteiger partial charge in [-0.2, -0.15) is 0 Å². The van der Waals surface area contributed by atoms with E-state index in [1.807, 2.05) is 20.8 Å². The van der Waals surface area contributed by atoms with Gasteiger partial charge in [-0.05, 0) is 12.8 Å². The molecule has 0 aromatic carbocycles. The van der Waals surface area contributed by atoms with Gasteiger partial charge in [0.05, 0.1) is 6.61 Å². The van der Waals surface area contributed by atoms with Gasteiger partial charge in [-0.3, -0.25) is 4.79 Å². The van der Waals surface area contributed by atoms with Crippen LogP contribution in [0.3, 0.4) is 0 Å². The van der Waals surface area contributed by atoms with Crippen molar-refractivity contribution in [3.8, 4) is 0 Å². The molecule has 0 aromatic rings. The van der Waals surface area contributed by atoms with Gasteiger partial charge in [0.25, 0.3) is 0 Å². The summed E-state index contributed by atoms with van der Waals surface area (Å²) in [6.07, 6.45) is 0. The second-order valence-electron chi connectivity index (χ2n) is 3.62. The normalized spacial score (nSPS) is 15.8. The molecule has 1 unspecified atom stereocenters. The van der Waals surface area contributed by atoms with Crippen LogP contribution in [0.1, 0.15) is 27.7 Å². The maximum atomic E-state index is 11.3. The van der Waals surface area contributed by atoms with Gasteiger partial charge in [0.15, 0.2) is 0 Å². The lowest BCUT2D eigenvalue weighted by molar-refractivity contribution is -0.126. The highest BCUT2D eigenvalue weighted by Gasteiger charge is 2.17. The van der Waals surface area contributed by atoms with Crippen LogP contribution in [0.5, 0.6) is 0 Å². The Labute approximate surface area is 74.2 Å². The summed E-state index contributed by atoms with van der Waals surface area (Å²) in [5, 5.41) is 11.4. The van der Waals surface area contributed by atoms with Crippen molar-refractivity contribution in [2.45, 2.75) is 33.7 Å². The molecule has 2 N–H and O–H groups in total. The molecule has 2 atom stereocenters. The van der Waals surface area contributed by atoms with E-state index in [1.54, 1.807) is 6.92 Å². The Morgan fingerprint density at radius 1 is 1.33 bits per heavy atom. The largest absolute Gasteiger partial charge is 0.394 e. The van der Waals surface area contributed by atoms with Crippen molar-refractivity contribution >= 4 is 5.91 Å². The molecular formula is C9H19NO2. The summed E-state index contributed by atoms with van der Waals surface area (Å²) in [5.41, 5.74) is 0. The molecule has 0 fully saturated rings. The molecule has 0 aromatic heterocycles. The molecule has 0 aliphatic heterocycles. The van der Waals surface area contributed by atoms with E-state index in [1.165, 1.54) is 0 Å². The Kier molecular flexibility index (Phi) is 4.90. The predicted molar refractivity (Wildman–Crippen MR) is 48.7 cm³/mol. The molecular weight excluding hydrogens is 154 g/mol. The summed E-state index contributed by atoms with van der Waals surface area (Å²) >= 11 is 0. The molecule has 72 valence electrons. The number of rotatable bonds is 4. The Hall–Kier alpha value is -0.570. The predicted octanol–water partition coefficient (Wildman–Crippen LogP) is 0.775. The van der Waals surface area contributed by atoms with E-state index in [-0.39, 0.29) is 24.5 Å². The number of aliphatic hydroxyl groups is 1. The van der Waals surface area contributed by atoms with Crippen molar-refractivity contribution in [3.63, 3.8) is 0 Å². The van der Waals surface area contributed by atoms with Gasteiger partial charge < -0.3 is 10.4 Å². The van der Waals surface area contributed by atoms with Crippen molar-refractivity contribution < 1.29 is 9.90 Å². The standard InChI is InChI=1S/C9H19NO2/c1-6(2)8(4)9(12)10-7(3)5-11/h6-8,11H,5H2,1-4H3,(H,10,12)/t7-,8?/m0/s1. The van der Waals surface area contributed by atoms with Crippen molar-refractivity contribution in [2.75, 3.05) is 6.61 Å². The maximum absolute atomic E-state index is 11.3. The molecule has 0 heterocycles. The molecule has 3 nitrogen and oxygen atoms in total. The van der Waals surface area contributed by atoms with Crippen LogP contribution in [0.4, 0.5) is 0 Å². The van der Waals surface area contributed by atoms with Crippen molar-refractivity contribution in [3.05, 3.63) is 0 Å². The lowest BCUT2D eigenvalue weighted by Gasteiger charge is -2.18. The zero-order chi connectivity index (χ0) is 9.72. The number of carbonyl (C=O) groups is 1. The molecule has 0 spiro atoms. The molecule has 0 rings (SSSR count). The molecule has 0 saturated carbocycles. The fourth-order valence-corrected chi connectivity index (χ4v) is 0.723. The first-order chi connectivity index (χ1) is 5.49. The number of nitrogens with one attached hydrogen (secondary N) is 1. The fraction of sp³-hybridized carbons (Fsp3) is 0.889. The first-order valence-electron chi connectivity index (χ1n) is 4.40. The van der Waals surface area contributed by atoms with Gasteiger partial charge in [0.1, 0.15) is 0 Å². The summed E-state index contributed by atoms with van der Waals surface area (Å²) < 4.78 is 0. The average Bonchev–Trinajstić information content (AvgIpc) is 2.02. The van der Waals surface area contributed by atoms with Gasteiger partial charge in [-0.25, -0.2) is 0 Å². The maximum Gasteiger partial charge on any atom is 0.223 e. The second kappa shape index (κ2) is 5.14. The highest BCUT2D eigenvalue weighted by atomic mass is 16.3. The number of aliphatic hydroxyl groups excluding tert-OH is 1. The van der Waals surface area contributed by atoms with Gasteiger partial charge >= 0.3 is 0 Å². The van der Waals surface area contributed by atoms with Crippen LogP contribution in [0.25, 0.3) is 0 Å². The first kappa shape index (κ1) is 11.4. The molecule has 3 heteroatoms. The van der Waals surface area contributed by atoms with E-state index < -0.39 is 0 Å². The van der Waals surface area contributed by atoms with Crippen LogP contribution in [0.15, 0.2) is 0 Å². The SMILES string of the molecule is CC(C)C(C)C(=O)N[C@@H](C)CO. The van der Waals surface area contributed by atoms with E-state index in [2.05, 4.69) is 5.32 Å². The second-order valence-corrected chi connectivity index (χ2v) is 3.62. The number of amides is 1. The van der Waals surface area contributed by atoms with Crippen LogP contribution in [-0.4, -0.2) is 23.7 Å². The molecule has 12 heavy (non-hydrogen) atoms. The topological polar surface area (TPSA) is 49.3 Å². The third-order valence-corrected chi connectivity index (χ3v) is 2.08. The smallest absolute Gasteiger partial charge is 0.223 e. The van der Waals surface area contributed by atoms with Crippen LogP contribution >= 0.6 is 0 Å². The molecule has 0 aliphatic rings. The summed E-state index contributed by atoms with van der Waals surface area (Å²) in [7, 11) is 0. The fourth-order valence-electron chi connectivity index (χ4n) is 0.723. The van der Waals surface area contributed by atoms with Gasteiger partial charge in [-0.15, -0.1) is 0 Å². The highest BCUT2D eigenvalue weighted by molar-refractivity contribution is 5.78. The van der Waals surface area contributed by atoms with Crippen molar-refractivity contribution in [2.24, 2.45) is 11.8 Å². The molecule has 0 aliphatic carbocycles. The minimum Gasteiger partial charge on any atom is -0.394 e. The minimum atomic E-state index is -0.140. The Morgan fingerprint density at radius 3 is 2.17 bits per heavy atom. The number of carbonyl (C=O) groups excluding carboxylic acids is 1. The highest BCUT2D eigenvalue weighted by Crippen LogP contribution is 2.09. The monoisotopic (exact) mass is 173 g/mol. The van der Waals surface area contributed by atoms with Crippen LogP contribution < -0.4 is 5.32 Å². The summed E-state index contributed by atoms with van der Waals surface area (Å²) in [6.45, 7) is 7.69. The lowest BCUT2D eigenvalue weighted by Crippen LogP contribution is -2.39. The van der Waals surface area contributed by atoms with Crippen LogP contribution in [-0.2, 0) is 4.79 Å². The summed E-state index contributed by atoms with van der Waals surface area (Å²) in [4.78, 5) is 11.3.